The Bertz CT molecular complexity index is 449. The first kappa shape index (κ1) is 14.8. The van der Waals surface area contributed by atoms with Crippen molar-refractivity contribution in [3.8, 4) is 0 Å². The Kier molecular flexibility index (Phi) is 6.54. The summed E-state index contributed by atoms with van der Waals surface area (Å²) in [5.74, 6) is 0. The lowest BCUT2D eigenvalue weighted by atomic mass is 10.4. The first-order chi connectivity index (χ1) is 8.65. The zero-order valence-electron chi connectivity index (χ0n) is 10.3. The first-order valence-electron chi connectivity index (χ1n) is 5.44. The third-order valence-corrected chi connectivity index (χ3v) is 3.50. The lowest BCUT2D eigenvalue weighted by Crippen LogP contribution is -1.87. The molecule has 94 valence electrons. The van der Waals surface area contributed by atoms with Crippen molar-refractivity contribution in [2.45, 2.75) is 23.6 Å². The second kappa shape index (κ2) is 7.95. The third kappa shape index (κ3) is 5.38. The van der Waals surface area contributed by atoms with Crippen molar-refractivity contribution in [3.63, 3.8) is 0 Å². The quantitative estimate of drug-likeness (QED) is 0.614. The van der Waals surface area contributed by atoms with Crippen LogP contribution in [0, 0.1) is 0 Å². The minimum atomic E-state index is -0.0144. The number of allylic oxidation sites excluding steroid dienone is 2. The largest absolute Gasteiger partial charge is 0.282 e. The molecule has 0 aliphatic rings. The molecule has 0 atom stereocenters. The number of rotatable bonds is 4. The fourth-order valence-corrected chi connectivity index (χ4v) is 2.79. The van der Waals surface area contributed by atoms with Gasteiger partial charge in [-0.1, -0.05) is 18.2 Å². The Labute approximate surface area is 116 Å². The average Bonchev–Trinajstić information content (AvgIpc) is 2.29. The second-order valence-electron chi connectivity index (χ2n) is 3.32. The standard InChI is InChI=1S/C14H14O2S2/c1-3-6-13(15)17-11-8-5-9-12(10-11)18-14(16)7-4-2/h3-10H,1-2H3. The molecule has 0 aromatic heterocycles. The summed E-state index contributed by atoms with van der Waals surface area (Å²) >= 11 is 2.31. The molecule has 1 rings (SSSR count). The van der Waals surface area contributed by atoms with E-state index in [1.807, 2.05) is 24.3 Å². The maximum atomic E-state index is 11.4. The summed E-state index contributed by atoms with van der Waals surface area (Å²) < 4.78 is 0. The topological polar surface area (TPSA) is 34.1 Å². The summed E-state index contributed by atoms with van der Waals surface area (Å²) in [6, 6.07) is 7.40. The molecule has 0 aliphatic heterocycles. The number of carbonyl (C=O) groups is 2. The summed E-state index contributed by atoms with van der Waals surface area (Å²) in [4.78, 5) is 24.6. The van der Waals surface area contributed by atoms with Crippen LogP contribution in [-0.4, -0.2) is 10.2 Å². The molecule has 0 amide bonds. The maximum Gasteiger partial charge on any atom is 0.216 e. The van der Waals surface area contributed by atoms with Crippen LogP contribution in [0.15, 0.2) is 58.4 Å². The molecule has 0 saturated carbocycles. The van der Waals surface area contributed by atoms with E-state index in [2.05, 4.69) is 0 Å². The predicted octanol–water partition coefficient (Wildman–Crippen LogP) is 4.08. The van der Waals surface area contributed by atoms with E-state index in [1.165, 1.54) is 12.2 Å². The van der Waals surface area contributed by atoms with Gasteiger partial charge in [-0.15, -0.1) is 0 Å². The highest BCUT2D eigenvalue weighted by Crippen LogP contribution is 2.26. The SMILES string of the molecule is CC=CC(=O)Sc1cccc(SC(=O)C=CC)c1. The fraction of sp³-hybridized carbons (Fsp3) is 0.143. The van der Waals surface area contributed by atoms with Crippen LogP contribution in [-0.2, 0) is 9.59 Å². The Morgan fingerprint density at radius 1 is 0.944 bits per heavy atom. The molecule has 1 aromatic carbocycles. The molecule has 0 saturated heterocycles. The van der Waals surface area contributed by atoms with Gasteiger partial charge in [0.2, 0.25) is 10.2 Å². The highest BCUT2D eigenvalue weighted by Gasteiger charge is 2.04. The van der Waals surface area contributed by atoms with Crippen LogP contribution in [0.3, 0.4) is 0 Å². The van der Waals surface area contributed by atoms with Crippen molar-refractivity contribution < 1.29 is 9.59 Å². The molecule has 0 bridgehead atoms. The summed E-state index contributed by atoms with van der Waals surface area (Å²) in [5.41, 5.74) is 0. The molecule has 0 spiro atoms. The van der Waals surface area contributed by atoms with E-state index in [-0.39, 0.29) is 10.2 Å². The zero-order valence-corrected chi connectivity index (χ0v) is 11.9. The Balaban J connectivity index is 2.73. The van der Waals surface area contributed by atoms with Crippen LogP contribution in [0.25, 0.3) is 0 Å². The van der Waals surface area contributed by atoms with Gasteiger partial charge in [-0.05, 0) is 67.7 Å². The summed E-state index contributed by atoms with van der Waals surface area (Å²) in [6.45, 7) is 3.61. The van der Waals surface area contributed by atoms with Crippen molar-refractivity contribution in [1.29, 1.82) is 0 Å². The Morgan fingerprint density at radius 2 is 1.39 bits per heavy atom. The molecule has 2 nitrogen and oxygen atoms in total. The lowest BCUT2D eigenvalue weighted by Gasteiger charge is -2.01. The van der Waals surface area contributed by atoms with E-state index >= 15 is 0 Å². The normalized spacial score (nSPS) is 11.2. The van der Waals surface area contributed by atoms with Crippen LogP contribution >= 0.6 is 23.5 Å². The second-order valence-corrected chi connectivity index (χ2v) is 5.47. The van der Waals surface area contributed by atoms with Crippen LogP contribution in [0.4, 0.5) is 0 Å². The molecule has 0 aliphatic carbocycles. The summed E-state index contributed by atoms with van der Waals surface area (Å²) in [7, 11) is 0. The van der Waals surface area contributed by atoms with E-state index in [0.717, 1.165) is 33.3 Å². The van der Waals surface area contributed by atoms with E-state index in [4.69, 9.17) is 0 Å². The van der Waals surface area contributed by atoms with Crippen molar-refractivity contribution in [3.05, 3.63) is 48.6 Å². The number of hydrogen-bond acceptors (Lipinski definition) is 4. The molecule has 0 fully saturated rings. The monoisotopic (exact) mass is 278 g/mol. The van der Waals surface area contributed by atoms with E-state index in [0.29, 0.717) is 0 Å². The predicted molar refractivity (Wildman–Crippen MR) is 77.8 cm³/mol. The number of benzene rings is 1. The van der Waals surface area contributed by atoms with E-state index in [9.17, 15) is 9.59 Å². The van der Waals surface area contributed by atoms with E-state index < -0.39 is 0 Å². The average molecular weight is 278 g/mol. The van der Waals surface area contributed by atoms with Crippen molar-refractivity contribution in [2.24, 2.45) is 0 Å². The van der Waals surface area contributed by atoms with Gasteiger partial charge in [0.15, 0.2) is 0 Å². The van der Waals surface area contributed by atoms with E-state index in [1.54, 1.807) is 26.0 Å². The number of carbonyl (C=O) groups excluding carboxylic acids is 2. The van der Waals surface area contributed by atoms with Gasteiger partial charge in [0.25, 0.3) is 0 Å². The van der Waals surface area contributed by atoms with Gasteiger partial charge in [-0.25, -0.2) is 0 Å². The maximum absolute atomic E-state index is 11.4. The van der Waals surface area contributed by atoms with Gasteiger partial charge < -0.3 is 0 Å². The fourth-order valence-electron chi connectivity index (χ4n) is 1.17. The van der Waals surface area contributed by atoms with Crippen LogP contribution < -0.4 is 0 Å². The smallest absolute Gasteiger partial charge is 0.216 e. The van der Waals surface area contributed by atoms with Gasteiger partial charge in [-0.3, -0.25) is 9.59 Å². The summed E-state index contributed by atoms with van der Waals surface area (Å²) in [5, 5.41) is -0.0288. The van der Waals surface area contributed by atoms with Crippen LogP contribution in [0.2, 0.25) is 0 Å². The number of hydrogen-bond donors (Lipinski definition) is 0. The highest BCUT2D eigenvalue weighted by molar-refractivity contribution is 8.14. The van der Waals surface area contributed by atoms with Crippen molar-refractivity contribution >= 4 is 33.8 Å². The molecule has 18 heavy (non-hydrogen) atoms. The zero-order chi connectivity index (χ0) is 13.4. The first-order valence-corrected chi connectivity index (χ1v) is 7.08. The molecule has 1 aromatic rings. The Hall–Kier alpha value is -1.26. The minimum Gasteiger partial charge on any atom is -0.282 e. The van der Waals surface area contributed by atoms with Gasteiger partial charge in [0, 0.05) is 9.79 Å². The van der Waals surface area contributed by atoms with Gasteiger partial charge >= 0.3 is 0 Å². The van der Waals surface area contributed by atoms with Crippen LogP contribution in [0.5, 0.6) is 0 Å². The van der Waals surface area contributed by atoms with Crippen molar-refractivity contribution in [1.82, 2.24) is 0 Å². The molecule has 0 N–H and O–H groups in total. The molecular weight excluding hydrogens is 264 g/mol. The van der Waals surface area contributed by atoms with Crippen LogP contribution in [0.1, 0.15) is 13.8 Å². The Morgan fingerprint density at radius 3 is 1.78 bits per heavy atom. The molecule has 0 radical (unpaired) electrons. The minimum absolute atomic E-state index is 0.0144. The molecular formula is C14H14O2S2. The van der Waals surface area contributed by atoms with Gasteiger partial charge in [-0.2, -0.15) is 0 Å². The molecule has 0 unspecified atom stereocenters. The van der Waals surface area contributed by atoms with Gasteiger partial charge in [0.05, 0.1) is 0 Å². The summed E-state index contributed by atoms with van der Waals surface area (Å²) in [6.07, 6.45) is 6.47. The highest BCUT2D eigenvalue weighted by atomic mass is 32.2. The number of thioether (sulfide) groups is 2. The van der Waals surface area contributed by atoms with Gasteiger partial charge in [0.1, 0.15) is 0 Å². The molecule has 0 heterocycles. The lowest BCUT2D eigenvalue weighted by molar-refractivity contribution is -0.107. The third-order valence-electron chi connectivity index (χ3n) is 1.85. The van der Waals surface area contributed by atoms with Crippen molar-refractivity contribution in [2.75, 3.05) is 0 Å². The molecule has 4 heteroatoms.